The van der Waals surface area contributed by atoms with Crippen molar-refractivity contribution >= 4 is 0 Å². The summed E-state index contributed by atoms with van der Waals surface area (Å²) >= 11 is 0. The first-order valence-electron chi connectivity index (χ1n) is 6.58. The first-order valence-corrected chi connectivity index (χ1v) is 6.58. The second-order valence-corrected chi connectivity index (χ2v) is 4.85. The molecule has 5 heteroatoms. The van der Waals surface area contributed by atoms with Crippen LogP contribution in [-0.4, -0.2) is 15.2 Å². The van der Waals surface area contributed by atoms with Gasteiger partial charge in [0.25, 0.3) is 0 Å². The van der Waals surface area contributed by atoms with Crippen molar-refractivity contribution < 1.29 is 4.42 Å². The van der Waals surface area contributed by atoms with Crippen LogP contribution in [0.5, 0.6) is 0 Å². The van der Waals surface area contributed by atoms with Gasteiger partial charge in [0.15, 0.2) is 5.76 Å². The third kappa shape index (κ3) is 2.18. The predicted molar refractivity (Wildman–Crippen MR) is 67.8 cm³/mol. The summed E-state index contributed by atoms with van der Waals surface area (Å²) in [5.41, 5.74) is 5.52. The van der Waals surface area contributed by atoms with Gasteiger partial charge in [-0.1, -0.05) is 19.3 Å². The first-order chi connectivity index (χ1) is 8.86. The number of rotatable bonds is 3. The van der Waals surface area contributed by atoms with Crippen molar-refractivity contribution in [3.8, 4) is 11.6 Å². The SMILES string of the molecule is NCc1ccc(-c2n[nH]c(C3CCCCC3)n2)o1. The molecule has 0 atom stereocenters. The van der Waals surface area contributed by atoms with E-state index in [1.807, 2.05) is 12.1 Å². The van der Waals surface area contributed by atoms with Crippen molar-refractivity contribution in [2.75, 3.05) is 0 Å². The minimum absolute atomic E-state index is 0.403. The zero-order valence-electron chi connectivity index (χ0n) is 10.4. The predicted octanol–water partition coefficient (Wildman–Crippen LogP) is 2.57. The number of hydrogen-bond acceptors (Lipinski definition) is 4. The quantitative estimate of drug-likeness (QED) is 0.872. The highest BCUT2D eigenvalue weighted by Gasteiger charge is 2.20. The molecule has 2 aromatic heterocycles. The molecule has 1 aliphatic carbocycles. The molecule has 5 nitrogen and oxygen atoms in total. The summed E-state index contributed by atoms with van der Waals surface area (Å²) < 4.78 is 5.55. The maximum Gasteiger partial charge on any atom is 0.216 e. The Labute approximate surface area is 106 Å². The Kier molecular flexibility index (Phi) is 3.15. The summed E-state index contributed by atoms with van der Waals surface area (Å²) in [7, 11) is 0. The molecule has 0 aromatic carbocycles. The highest BCUT2D eigenvalue weighted by molar-refractivity contribution is 5.46. The lowest BCUT2D eigenvalue weighted by Gasteiger charge is -2.18. The molecular formula is C13H18N4O. The lowest BCUT2D eigenvalue weighted by atomic mass is 9.89. The second-order valence-electron chi connectivity index (χ2n) is 4.85. The largest absolute Gasteiger partial charge is 0.456 e. The van der Waals surface area contributed by atoms with E-state index in [4.69, 9.17) is 10.2 Å². The lowest BCUT2D eigenvalue weighted by Crippen LogP contribution is -2.06. The summed E-state index contributed by atoms with van der Waals surface area (Å²) in [6.07, 6.45) is 6.34. The van der Waals surface area contributed by atoms with Gasteiger partial charge >= 0.3 is 0 Å². The van der Waals surface area contributed by atoms with Gasteiger partial charge < -0.3 is 10.2 Å². The zero-order chi connectivity index (χ0) is 12.4. The van der Waals surface area contributed by atoms with Crippen LogP contribution in [0.25, 0.3) is 11.6 Å². The van der Waals surface area contributed by atoms with Gasteiger partial charge in [-0.3, -0.25) is 5.10 Å². The van der Waals surface area contributed by atoms with E-state index in [0.29, 0.717) is 24.0 Å². The number of aromatic amines is 1. The molecule has 18 heavy (non-hydrogen) atoms. The number of hydrogen-bond donors (Lipinski definition) is 2. The van der Waals surface area contributed by atoms with Crippen molar-refractivity contribution in [2.45, 2.75) is 44.6 Å². The molecule has 96 valence electrons. The second kappa shape index (κ2) is 4.94. The van der Waals surface area contributed by atoms with Crippen molar-refractivity contribution in [3.05, 3.63) is 23.7 Å². The van der Waals surface area contributed by atoms with Crippen LogP contribution in [0.4, 0.5) is 0 Å². The van der Waals surface area contributed by atoms with E-state index in [2.05, 4.69) is 15.2 Å². The fourth-order valence-electron chi connectivity index (χ4n) is 2.55. The molecule has 0 amide bonds. The molecule has 2 heterocycles. The molecule has 0 saturated heterocycles. The van der Waals surface area contributed by atoms with Gasteiger partial charge in [-0.2, -0.15) is 5.10 Å². The van der Waals surface area contributed by atoms with Gasteiger partial charge in [-0.15, -0.1) is 0 Å². The maximum absolute atomic E-state index is 5.55. The van der Waals surface area contributed by atoms with Crippen molar-refractivity contribution in [2.24, 2.45) is 5.73 Å². The molecular weight excluding hydrogens is 228 g/mol. The maximum atomic E-state index is 5.55. The van der Waals surface area contributed by atoms with Crippen LogP contribution in [0.1, 0.15) is 49.6 Å². The van der Waals surface area contributed by atoms with Gasteiger partial charge in [-0.25, -0.2) is 4.98 Å². The third-order valence-corrected chi connectivity index (χ3v) is 3.58. The Morgan fingerprint density at radius 1 is 1.28 bits per heavy atom. The standard InChI is InChI=1S/C13H18N4O/c14-8-10-6-7-11(18-10)13-15-12(16-17-13)9-4-2-1-3-5-9/h6-7,9H,1-5,8,14H2,(H,15,16,17). The number of nitrogens with one attached hydrogen (secondary N) is 1. The van der Waals surface area contributed by atoms with Crippen LogP contribution >= 0.6 is 0 Å². The van der Waals surface area contributed by atoms with Crippen LogP contribution in [0.2, 0.25) is 0 Å². The molecule has 1 fully saturated rings. The Balaban J connectivity index is 1.79. The number of H-pyrrole nitrogens is 1. The molecule has 0 bridgehead atoms. The van der Waals surface area contributed by atoms with E-state index in [-0.39, 0.29) is 0 Å². The molecule has 2 aromatic rings. The van der Waals surface area contributed by atoms with E-state index in [0.717, 1.165) is 11.6 Å². The lowest BCUT2D eigenvalue weighted by molar-refractivity contribution is 0.429. The number of furan rings is 1. The van der Waals surface area contributed by atoms with Gasteiger partial charge in [0, 0.05) is 5.92 Å². The normalized spacial score (nSPS) is 17.2. The van der Waals surface area contributed by atoms with Crippen molar-refractivity contribution in [1.29, 1.82) is 0 Å². The van der Waals surface area contributed by atoms with Crippen LogP contribution in [0.3, 0.4) is 0 Å². The van der Waals surface area contributed by atoms with Crippen LogP contribution in [0, 0.1) is 0 Å². The highest BCUT2D eigenvalue weighted by Crippen LogP contribution is 2.31. The van der Waals surface area contributed by atoms with E-state index in [1.54, 1.807) is 0 Å². The van der Waals surface area contributed by atoms with E-state index in [1.165, 1.54) is 32.1 Å². The van der Waals surface area contributed by atoms with Gasteiger partial charge in [0.2, 0.25) is 5.82 Å². The van der Waals surface area contributed by atoms with Crippen molar-refractivity contribution in [3.63, 3.8) is 0 Å². The summed E-state index contributed by atoms with van der Waals surface area (Å²) in [5.74, 6) is 3.61. The summed E-state index contributed by atoms with van der Waals surface area (Å²) in [5, 5.41) is 7.29. The summed E-state index contributed by atoms with van der Waals surface area (Å²) in [4.78, 5) is 4.55. The number of nitrogens with zero attached hydrogens (tertiary/aromatic N) is 2. The van der Waals surface area contributed by atoms with Crippen LogP contribution in [-0.2, 0) is 6.54 Å². The topological polar surface area (TPSA) is 80.7 Å². The smallest absolute Gasteiger partial charge is 0.216 e. The molecule has 3 rings (SSSR count). The summed E-state index contributed by atoms with van der Waals surface area (Å²) in [6, 6.07) is 3.74. The van der Waals surface area contributed by atoms with E-state index in [9.17, 15) is 0 Å². The molecule has 3 N–H and O–H groups in total. The first kappa shape index (κ1) is 11.5. The minimum atomic E-state index is 0.403. The Morgan fingerprint density at radius 2 is 2.11 bits per heavy atom. The van der Waals surface area contributed by atoms with Crippen molar-refractivity contribution in [1.82, 2.24) is 15.2 Å². The van der Waals surface area contributed by atoms with Gasteiger partial charge in [0.05, 0.1) is 6.54 Å². The minimum Gasteiger partial charge on any atom is -0.456 e. The molecule has 0 aliphatic heterocycles. The highest BCUT2D eigenvalue weighted by atomic mass is 16.3. The Bertz CT molecular complexity index is 511. The van der Waals surface area contributed by atoms with Crippen LogP contribution in [0.15, 0.2) is 16.5 Å². The van der Waals surface area contributed by atoms with Gasteiger partial charge in [-0.05, 0) is 25.0 Å². The van der Waals surface area contributed by atoms with Crippen LogP contribution < -0.4 is 5.73 Å². The third-order valence-electron chi connectivity index (χ3n) is 3.58. The zero-order valence-corrected chi connectivity index (χ0v) is 10.4. The molecule has 0 radical (unpaired) electrons. The monoisotopic (exact) mass is 246 g/mol. The Morgan fingerprint density at radius 3 is 2.83 bits per heavy atom. The molecule has 1 aliphatic rings. The summed E-state index contributed by atoms with van der Waals surface area (Å²) in [6.45, 7) is 0.403. The molecule has 0 spiro atoms. The number of aromatic nitrogens is 3. The molecule has 1 saturated carbocycles. The average molecular weight is 246 g/mol. The van der Waals surface area contributed by atoms with E-state index >= 15 is 0 Å². The fraction of sp³-hybridized carbons (Fsp3) is 0.538. The fourth-order valence-corrected chi connectivity index (χ4v) is 2.55. The Hall–Kier alpha value is -1.62. The van der Waals surface area contributed by atoms with E-state index < -0.39 is 0 Å². The number of nitrogens with two attached hydrogens (primary N) is 1. The molecule has 0 unspecified atom stereocenters. The average Bonchev–Trinajstić information content (AvgIpc) is 3.08. The van der Waals surface area contributed by atoms with Gasteiger partial charge in [0.1, 0.15) is 11.6 Å².